The van der Waals surface area contributed by atoms with Gasteiger partial charge >= 0.3 is 0 Å². The molecule has 1 fully saturated rings. The minimum atomic E-state index is -3.08. The number of nitrogens with zero attached hydrogens (tertiary/aromatic N) is 1. The lowest BCUT2D eigenvalue weighted by Crippen LogP contribution is -2.45. The summed E-state index contributed by atoms with van der Waals surface area (Å²) in [6, 6.07) is 7.37. The molecule has 1 aliphatic heterocycles. The number of fused-ring (bicyclic) bond motifs is 1. The fraction of sp³-hybridized carbons (Fsp3) is 0.385. The Bertz CT molecular complexity index is 772. The van der Waals surface area contributed by atoms with Crippen LogP contribution in [0.3, 0.4) is 0 Å². The number of benzene rings is 1. The number of imidazole rings is 1. The predicted octanol–water partition coefficient (Wildman–Crippen LogP) is 0.931. The average Bonchev–Trinajstić information content (AvgIpc) is 2.96. The van der Waals surface area contributed by atoms with Crippen LogP contribution in [-0.2, 0) is 16.4 Å². The van der Waals surface area contributed by atoms with Gasteiger partial charge in [0.1, 0.15) is 5.82 Å². The standard InChI is InChI=1S/C13H15ClN4O2S2/c14-8-6-22(19,20)7-11(8)18-13(21)15-5-12-16-9-3-1-2-4-10(9)17-12/h1-4,8,11H,5-7H2,(H,16,17)(H2,15,18,21)/t8-,11+/m0/s1. The fourth-order valence-corrected chi connectivity index (χ4v) is 5.18. The minimum Gasteiger partial charge on any atom is -0.357 e. The van der Waals surface area contributed by atoms with Crippen molar-refractivity contribution in [2.75, 3.05) is 11.5 Å². The van der Waals surface area contributed by atoms with Gasteiger partial charge in [0.15, 0.2) is 14.9 Å². The topological polar surface area (TPSA) is 86.9 Å². The van der Waals surface area contributed by atoms with E-state index in [-0.39, 0.29) is 17.5 Å². The van der Waals surface area contributed by atoms with E-state index in [1.165, 1.54) is 0 Å². The number of aromatic nitrogens is 2. The first-order chi connectivity index (χ1) is 10.4. The summed E-state index contributed by atoms with van der Waals surface area (Å²) in [6.45, 7) is 0.424. The molecular weight excluding hydrogens is 344 g/mol. The molecule has 0 saturated carbocycles. The van der Waals surface area contributed by atoms with Crippen molar-refractivity contribution in [1.82, 2.24) is 20.6 Å². The molecule has 6 nitrogen and oxygen atoms in total. The SMILES string of the molecule is O=S1(=O)C[C@H](Cl)[C@H](NC(=S)NCc2nc3ccccc3[nH]2)C1. The van der Waals surface area contributed by atoms with Crippen molar-refractivity contribution in [3.63, 3.8) is 0 Å². The molecule has 0 radical (unpaired) electrons. The highest BCUT2D eigenvalue weighted by Crippen LogP contribution is 2.17. The van der Waals surface area contributed by atoms with E-state index < -0.39 is 15.2 Å². The summed E-state index contributed by atoms with van der Waals surface area (Å²) in [5.41, 5.74) is 1.85. The Morgan fingerprint density at radius 3 is 2.86 bits per heavy atom. The number of H-pyrrole nitrogens is 1. The zero-order valence-corrected chi connectivity index (χ0v) is 13.9. The molecule has 1 aliphatic rings. The third-order valence-corrected chi connectivity index (χ3v) is 6.09. The molecule has 0 aliphatic carbocycles. The van der Waals surface area contributed by atoms with E-state index in [2.05, 4.69) is 20.6 Å². The number of sulfone groups is 1. The molecule has 1 aromatic heterocycles. The van der Waals surface area contributed by atoms with Gasteiger partial charge in [-0.15, -0.1) is 11.6 Å². The van der Waals surface area contributed by atoms with Crippen molar-refractivity contribution in [1.29, 1.82) is 0 Å². The minimum absolute atomic E-state index is 0.00756. The molecule has 0 spiro atoms. The van der Waals surface area contributed by atoms with Gasteiger partial charge in [0.25, 0.3) is 0 Å². The van der Waals surface area contributed by atoms with Crippen LogP contribution in [0.15, 0.2) is 24.3 Å². The first-order valence-electron chi connectivity index (χ1n) is 6.75. The van der Waals surface area contributed by atoms with Gasteiger partial charge in [0.05, 0.1) is 40.5 Å². The van der Waals surface area contributed by atoms with E-state index in [1.54, 1.807) is 0 Å². The first kappa shape index (κ1) is 15.5. The van der Waals surface area contributed by atoms with E-state index in [0.29, 0.717) is 11.7 Å². The fourth-order valence-electron chi connectivity index (χ4n) is 2.41. The Kier molecular flexibility index (Phi) is 4.24. The molecule has 0 unspecified atom stereocenters. The third kappa shape index (κ3) is 3.50. The van der Waals surface area contributed by atoms with Gasteiger partial charge in [-0.3, -0.25) is 0 Å². The van der Waals surface area contributed by atoms with E-state index in [1.807, 2.05) is 24.3 Å². The van der Waals surface area contributed by atoms with Gasteiger partial charge in [-0.25, -0.2) is 13.4 Å². The lowest BCUT2D eigenvalue weighted by atomic mass is 10.2. The summed E-state index contributed by atoms with van der Waals surface area (Å²) < 4.78 is 23.0. The molecule has 2 heterocycles. The van der Waals surface area contributed by atoms with Gasteiger partial charge < -0.3 is 15.6 Å². The highest BCUT2D eigenvalue weighted by atomic mass is 35.5. The van der Waals surface area contributed by atoms with Gasteiger partial charge in [-0.1, -0.05) is 12.1 Å². The summed E-state index contributed by atoms with van der Waals surface area (Å²) >= 11 is 11.2. The van der Waals surface area contributed by atoms with Crippen molar-refractivity contribution in [2.45, 2.75) is 18.0 Å². The van der Waals surface area contributed by atoms with Crippen LogP contribution in [0, 0.1) is 0 Å². The zero-order chi connectivity index (χ0) is 15.7. The number of nitrogens with one attached hydrogen (secondary N) is 3. The van der Waals surface area contributed by atoms with Crippen molar-refractivity contribution in [3.05, 3.63) is 30.1 Å². The van der Waals surface area contributed by atoms with Gasteiger partial charge in [-0.2, -0.15) is 0 Å². The number of hydrogen-bond acceptors (Lipinski definition) is 4. The van der Waals surface area contributed by atoms with Gasteiger partial charge in [0, 0.05) is 0 Å². The number of alkyl halides is 1. The first-order valence-corrected chi connectivity index (χ1v) is 9.42. The second kappa shape index (κ2) is 6.02. The molecule has 22 heavy (non-hydrogen) atoms. The second-order valence-corrected chi connectivity index (χ2v) is 8.35. The Morgan fingerprint density at radius 2 is 2.18 bits per heavy atom. The van der Waals surface area contributed by atoms with Gasteiger partial charge in [-0.05, 0) is 24.4 Å². The van der Waals surface area contributed by atoms with Crippen LogP contribution in [0.1, 0.15) is 5.82 Å². The van der Waals surface area contributed by atoms with Crippen molar-refractivity contribution < 1.29 is 8.42 Å². The smallest absolute Gasteiger partial charge is 0.166 e. The molecule has 1 aromatic carbocycles. The molecule has 0 amide bonds. The summed E-state index contributed by atoms with van der Waals surface area (Å²) in [7, 11) is -3.08. The maximum absolute atomic E-state index is 11.5. The van der Waals surface area contributed by atoms with E-state index in [0.717, 1.165) is 16.9 Å². The molecule has 0 bridgehead atoms. The van der Waals surface area contributed by atoms with Gasteiger partial charge in [0.2, 0.25) is 0 Å². The van der Waals surface area contributed by atoms with Crippen molar-refractivity contribution in [2.24, 2.45) is 0 Å². The van der Waals surface area contributed by atoms with Crippen molar-refractivity contribution in [3.8, 4) is 0 Å². The molecule has 3 N–H and O–H groups in total. The monoisotopic (exact) mass is 358 g/mol. The summed E-state index contributed by atoms with van der Waals surface area (Å²) in [4.78, 5) is 7.61. The highest BCUT2D eigenvalue weighted by Gasteiger charge is 2.36. The molecule has 2 aromatic rings. The molecule has 1 saturated heterocycles. The molecule has 3 rings (SSSR count). The Morgan fingerprint density at radius 1 is 1.41 bits per heavy atom. The average molecular weight is 359 g/mol. The quantitative estimate of drug-likeness (QED) is 0.559. The Hall–Kier alpha value is -1.38. The van der Waals surface area contributed by atoms with Crippen LogP contribution in [0.2, 0.25) is 0 Å². The van der Waals surface area contributed by atoms with E-state index in [4.69, 9.17) is 23.8 Å². The number of halogens is 1. The van der Waals surface area contributed by atoms with Crippen LogP contribution in [-0.4, -0.2) is 46.4 Å². The molecule has 118 valence electrons. The van der Waals surface area contributed by atoms with Crippen LogP contribution >= 0.6 is 23.8 Å². The third-order valence-electron chi connectivity index (χ3n) is 3.45. The van der Waals surface area contributed by atoms with Crippen LogP contribution < -0.4 is 10.6 Å². The number of thiocarbonyl (C=S) groups is 1. The second-order valence-electron chi connectivity index (χ2n) is 5.23. The van der Waals surface area contributed by atoms with Crippen LogP contribution in [0.5, 0.6) is 0 Å². The highest BCUT2D eigenvalue weighted by molar-refractivity contribution is 7.91. The number of aromatic amines is 1. The van der Waals surface area contributed by atoms with Crippen LogP contribution in [0.25, 0.3) is 11.0 Å². The zero-order valence-electron chi connectivity index (χ0n) is 11.5. The Labute approximate surface area is 138 Å². The maximum Gasteiger partial charge on any atom is 0.166 e. The lowest BCUT2D eigenvalue weighted by molar-refractivity contribution is 0.600. The largest absolute Gasteiger partial charge is 0.357 e. The van der Waals surface area contributed by atoms with Crippen molar-refractivity contribution >= 4 is 49.8 Å². The predicted molar refractivity (Wildman–Crippen MR) is 90.7 cm³/mol. The molecule has 9 heteroatoms. The summed E-state index contributed by atoms with van der Waals surface area (Å²) in [5, 5.41) is 5.87. The summed E-state index contributed by atoms with van der Waals surface area (Å²) in [5.74, 6) is 0.748. The number of para-hydroxylation sites is 2. The lowest BCUT2D eigenvalue weighted by Gasteiger charge is -2.17. The molecular formula is C13H15ClN4O2S2. The Balaban J connectivity index is 1.56. The van der Waals surface area contributed by atoms with E-state index in [9.17, 15) is 8.42 Å². The van der Waals surface area contributed by atoms with E-state index >= 15 is 0 Å². The van der Waals surface area contributed by atoms with Crippen LogP contribution in [0.4, 0.5) is 0 Å². The number of rotatable bonds is 3. The molecule has 2 atom stereocenters. The normalized spacial score (nSPS) is 23.5. The number of hydrogen-bond donors (Lipinski definition) is 3. The summed E-state index contributed by atoms with van der Waals surface area (Å²) in [6.07, 6.45) is 0. The maximum atomic E-state index is 11.5.